The molecule has 0 aliphatic heterocycles. The molecule has 3 aliphatic rings. The van der Waals surface area contributed by atoms with Crippen molar-refractivity contribution in [2.75, 3.05) is 0 Å². The van der Waals surface area contributed by atoms with Crippen molar-refractivity contribution in [2.45, 2.75) is 76.4 Å². The Kier molecular flexibility index (Phi) is 2.41. The van der Waals surface area contributed by atoms with E-state index in [1.54, 1.807) is 38.5 Å². The van der Waals surface area contributed by atoms with Crippen molar-refractivity contribution in [3.05, 3.63) is 0 Å². The lowest BCUT2D eigenvalue weighted by molar-refractivity contribution is -0.0897. The van der Waals surface area contributed by atoms with Gasteiger partial charge in [-0.2, -0.15) is 0 Å². The first-order chi connectivity index (χ1) is 7.27. The van der Waals surface area contributed by atoms with Crippen molar-refractivity contribution in [3.8, 4) is 0 Å². The summed E-state index contributed by atoms with van der Waals surface area (Å²) in [6.45, 7) is 0. The fourth-order valence-corrected chi connectivity index (χ4v) is 5.39. The second-order valence-electron chi connectivity index (χ2n) is 6.82. The highest BCUT2D eigenvalue weighted by Crippen LogP contribution is 2.66. The number of hydrogen-bond donors (Lipinski definition) is 0. The lowest BCUT2D eigenvalue weighted by atomic mass is 9.42. The fraction of sp³-hybridized carbons (Fsp3) is 1.00. The van der Waals surface area contributed by atoms with Crippen LogP contribution in [-0.4, -0.2) is 7.85 Å². The predicted molar refractivity (Wildman–Crippen MR) is 67.9 cm³/mol. The molecule has 3 fully saturated rings. The quantitative estimate of drug-likeness (QED) is 0.527. The van der Waals surface area contributed by atoms with Gasteiger partial charge in [0.05, 0.1) is 0 Å². The van der Waals surface area contributed by atoms with Gasteiger partial charge in [-0.1, -0.05) is 44.3 Å². The molecule has 0 bridgehead atoms. The maximum Gasteiger partial charge on any atom is 0.105 e. The van der Waals surface area contributed by atoms with Gasteiger partial charge in [-0.15, -0.1) is 0 Å². The Bertz CT molecular complexity index is 234. The zero-order chi connectivity index (χ0) is 10.4. The van der Waals surface area contributed by atoms with E-state index in [-0.39, 0.29) is 0 Å². The summed E-state index contributed by atoms with van der Waals surface area (Å²) in [5.74, 6) is 1.02. The molecular formula is C14H25B. The van der Waals surface area contributed by atoms with Crippen molar-refractivity contribution >= 4 is 7.85 Å². The standard InChI is InChI=1S/C14H25B/c15-12-5-10-13-6-1-3-8-14(13,11-12)9-4-2-7-13/h12H,1-11,15H2. The van der Waals surface area contributed by atoms with Gasteiger partial charge < -0.3 is 0 Å². The Hall–Kier alpha value is 0.0649. The highest BCUT2D eigenvalue weighted by molar-refractivity contribution is 6.11. The van der Waals surface area contributed by atoms with Crippen molar-refractivity contribution in [1.82, 2.24) is 0 Å². The minimum atomic E-state index is 0.821. The predicted octanol–water partition coefficient (Wildman–Crippen LogP) is 3.71. The molecule has 0 saturated heterocycles. The normalized spacial score (nSPS) is 50.5. The summed E-state index contributed by atoms with van der Waals surface area (Å²) in [6.07, 6.45) is 17.2. The molecule has 0 aromatic carbocycles. The fourth-order valence-electron chi connectivity index (χ4n) is 5.39. The average molecular weight is 204 g/mol. The van der Waals surface area contributed by atoms with Crippen LogP contribution in [-0.2, 0) is 0 Å². The van der Waals surface area contributed by atoms with E-state index < -0.39 is 0 Å². The molecule has 15 heavy (non-hydrogen) atoms. The summed E-state index contributed by atoms with van der Waals surface area (Å²) in [7, 11) is 2.50. The van der Waals surface area contributed by atoms with E-state index >= 15 is 0 Å². The molecule has 1 heteroatoms. The smallest absolute Gasteiger partial charge is 0.0692 e. The topological polar surface area (TPSA) is 0 Å². The van der Waals surface area contributed by atoms with E-state index in [2.05, 4.69) is 7.85 Å². The molecule has 3 saturated carbocycles. The van der Waals surface area contributed by atoms with E-state index in [0.29, 0.717) is 0 Å². The van der Waals surface area contributed by atoms with E-state index in [1.807, 2.05) is 0 Å². The maximum atomic E-state index is 2.50. The molecule has 1 unspecified atom stereocenters. The third kappa shape index (κ3) is 1.41. The van der Waals surface area contributed by atoms with Crippen molar-refractivity contribution in [3.63, 3.8) is 0 Å². The van der Waals surface area contributed by atoms with Gasteiger partial charge in [0, 0.05) is 0 Å². The van der Waals surface area contributed by atoms with Gasteiger partial charge in [-0.25, -0.2) is 0 Å². The first-order valence-corrected chi connectivity index (χ1v) is 7.27. The highest BCUT2D eigenvalue weighted by Gasteiger charge is 2.55. The van der Waals surface area contributed by atoms with Crippen LogP contribution in [0.4, 0.5) is 0 Å². The molecular weight excluding hydrogens is 179 g/mol. The Morgan fingerprint density at radius 3 is 1.87 bits per heavy atom. The molecule has 0 amide bonds. The van der Waals surface area contributed by atoms with E-state index in [4.69, 9.17) is 0 Å². The summed E-state index contributed by atoms with van der Waals surface area (Å²) in [5, 5.41) is 0. The number of hydrogen-bond acceptors (Lipinski definition) is 0. The van der Waals surface area contributed by atoms with Gasteiger partial charge >= 0.3 is 0 Å². The molecule has 0 aromatic heterocycles. The van der Waals surface area contributed by atoms with Gasteiger partial charge in [0.25, 0.3) is 0 Å². The van der Waals surface area contributed by atoms with Crippen molar-refractivity contribution in [2.24, 2.45) is 10.8 Å². The third-order valence-corrected chi connectivity index (χ3v) is 6.10. The van der Waals surface area contributed by atoms with Gasteiger partial charge in [0.15, 0.2) is 0 Å². The lowest BCUT2D eigenvalue weighted by Gasteiger charge is -2.61. The van der Waals surface area contributed by atoms with E-state index in [1.165, 1.54) is 32.1 Å². The first kappa shape index (κ1) is 10.2. The van der Waals surface area contributed by atoms with Crippen LogP contribution >= 0.6 is 0 Å². The largest absolute Gasteiger partial charge is 0.105 e. The van der Waals surface area contributed by atoms with Gasteiger partial charge in [-0.3, -0.25) is 0 Å². The molecule has 84 valence electrons. The maximum absolute atomic E-state index is 2.50. The van der Waals surface area contributed by atoms with Crippen LogP contribution in [0.15, 0.2) is 0 Å². The zero-order valence-corrected chi connectivity index (χ0v) is 10.4. The SMILES string of the molecule is BC1CCC23CCCCC2(CCCC3)C1. The van der Waals surface area contributed by atoms with Gasteiger partial charge in [0.1, 0.15) is 7.85 Å². The van der Waals surface area contributed by atoms with Gasteiger partial charge in [-0.05, 0) is 42.9 Å². The van der Waals surface area contributed by atoms with Crippen LogP contribution in [0.2, 0.25) is 5.82 Å². The van der Waals surface area contributed by atoms with Crippen LogP contribution in [0, 0.1) is 10.8 Å². The molecule has 0 radical (unpaired) electrons. The van der Waals surface area contributed by atoms with Crippen LogP contribution in [0.3, 0.4) is 0 Å². The Morgan fingerprint density at radius 1 is 0.733 bits per heavy atom. The molecule has 0 spiro atoms. The molecule has 3 rings (SSSR count). The van der Waals surface area contributed by atoms with Gasteiger partial charge in [0.2, 0.25) is 0 Å². The summed E-state index contributed by atoms with van der Waals surface area (Å²) >= 11 is 0. The number of rotatable bonds is 0. The third-order valence-electron chi connectivity index (χ3n) is 6.10. The molecule has 1 atom stereocenters. The summed E-state index contributed by atoms with van der Waals surface area (Å²) < 4.78 is 0. The van der Waals surface area contributed by atoms with Crippen LogP contribution in [0.1, 0.15) is 70.6 Å². The van der Waals surface area contributed by atoms with Crippen molar-refractivity contribution in [1.29, 1.82) is 0 Å². The second-order valence-corrected chi connectivity index (χ2v) is 6.82. The molecule has 0 heterocycles. The monoisotopic (exact) mass is 204 g/mol. The van der Waals surface area contributed by atoms with Crippen LogP contribution in [0.5, 0.6) is 0 Å². The highest BCUT2D eigenvalue weighted by atomic mass is 14.6. The molecule has 0 nitrogen and oxygen atoms in total. The lowest BCUT2D eigenvalue weighted by Crippen LogP contribution is -2.50. The van der Waals surface area contributed by atoms with Crippen molar-refractivity contribution < 1.29 is 0 Å². The molecule has 0 aromatic rings. The summed E-state index contributed by atoms with van der Waals surface area (Å²) in [4.78, 5) is 0. The summed E-state index contributed by atoms with van der Waals surface area (Å²) in [6, 6.07) is 0. The Balaban J connectivity index is 1.93. The molecule has 0 N–H and O–H groups in total. The average Bonchev–Trinajstić information content (AvgIpc) is 2.27. The Morgan fingerprint density at radius 2 is 1.27 bits per heavy atom. The Labute approximate surface area is 95.6 Å². The second kappa shape index (κ2) is 3.53. The first-order valence-electron chi connectivity index (χ1n) is 7.27. The van der Waals surface area contributed by atoms with Crippen LogP contribution < -0.4 is 0 Å². The minimum Gasteiger partial charge on any atom is -0.0692 e. The summed E-state index contributed by atoms with van der Waals surface area (Å²) in [5.41, 5.74) is 1.65. The zero-order valence-electron chi connectivity index (χ0n) is 10.4. The van der Waals surface area contributed by atoms with Crippen LogP contribution in [0.25, 0.3) is 0 Å². The van der Waals surface area contributed by atoms with E-state index in [9.17, 15) is 0 Å². The minimum absolute atomic E-state index is 0.821. The van der Waals surface area contributed by atoms with E-state index in [0.717, 1.165) is 16.6 Å². The molecule has 3 aliphatic carbocycles.